The first-order valence-electron chi connectivity index (χ1n) is 6.60. The molecule has 1 fully saturated rings. The lowest BCUT2D eigenvalue weighted by molar-refractivity contribution is 0.0950. The molecule has 2 aromatic heterocycles. The quantitative estimate of drug-likeness (QED) is 0.788. The van der Waals surface area contributed by atoms with Crippen LogP contribution in [0.25, 0.3) is 10.3 Å². The van der Waals surface area contributed by atoms with Crippen LogP contribution in [0.2, 0.25) is 0 Å². The van der Waals surface area contributed by atoms with Gasteiger partial charge in [-0.1, -0.05) is 0 Å². The lowest BCUT2D eigenvalue weighted by atomic mass is 10.1. The minimum absolute atomic E-state index is 0.186. The SMILES string of the molecule is Nc1c(C(=O)NCC2CCC(O)C2)sc2nccnc12. The molecule has 1 aliphatic rings. The number of carbonyl (C=O) groups excluding carboxylic acids is 1. The van der Waals surface area contributed by atoms with Gasteiger partial charge in [0.25, 0.3) is 5.91 Å². The molecule has 0 aromatic carbocycles. The predicted molar refractivity (Wildman–Crippen MR) is 77.5 cm³/mol. The van der Waals surface area contributed by atoms with E-state index in [0.717, 1.165) is 19.3 Å². The molecule has 3 rings (SSSR count). The summed E-state index contributed by atoms with van der Waals surface area (Å²) in [5, 5.41) is 12.4. The number of nitrogens with two attached hydrogens (primary N) is 1. The highest BCUT2D eigenvalue weighted by Gasteiger charge is 2.24. The second-order valence-corrected chi connectivity index (χ2v) is 6.10. The number of carbonyl (C=O) groups is 1. The lowest BCUT2D eigenvalue weighted by Gasteiger charge is -2.10. The van der Waals surface area contributed by atoms with Gasteiger partial charge in [-0.25, -0.2) is 9.97 Å². The highest BCUT2D eigenvalue weighted by atomic mass is 32.1. The summed E-state index contributed by atoms with van der Waals surface area (Å²) >= 11 is 1.26. The Bertz CT molecular complexity index is 642. The van der Waals surface area contributed by atoms with Gasteiger partial charge in [-0.05, 0) is 25.2 Å². The summed E-state index contributed by atoms with van der Waals surface area (Å²) in [5.41, 5.74) is 6.93. The number of rotatable bonds is 3. The van der Waals surface area contributed by atoms with Crippen molar-refractivity contribution >= 4 is 33.3 Å². The number of aliphatic hydroxyl groups is 1. The van der Waals surface area contributed by atoms with Crippen LogP contribution in [0.4, 0.5) is 5.69 Å². The highest BCUT2D eigenvalue weighted by molar-refractivity contribution is 7.21. The Hall–Kier alpha value is -1.73. The molecule has 0 saturated heterocycles. The van der Waals surface area contributed by atoms with Crippen LogP contribution in [0.5, 0.6) is 0 Å². The molecule has 2 aromatic rings. The zero-order chi connectivity index (χ0) is 14.1. The van der Waals surface area contributed by atoms with Crippen LogP contribution in [0.1, 0.15) is 28.9 Å². The third-order valence-corrected chi connectivity index (χ3v) is 4.74. The Balaban J connectivity index is 1.71. The topological polar surface area (TPSA) is 101 Å². The number of aromatic nitrogens is 2. The van der Waals surface area contributed by atoms with E-state index in [1.807, 2.05) is 0 Å². The van der Waals surface area contributed by atoms with E-state index in [1.54, 1.807) is 12.4 Å². The number of fused-ring (bicyclic) bond motifs is 1. The van der Waals surface area contributed by atoms with Crippen LogP contribution in [0.3, 0.4) is 0 Å². The normalized spacial score (nSPS) is 22.2. The Labute approximate surface area is 120 Å². The number of hydrogen-bond donors (Lipinski definition) is 3. The first-order chi connectivity index (χ1) is 9.65. The van der Waals surface area contributed by atoms with Crippen molar-refractivity contribution in [3.63, 3.8) is 0 Å². The number of nitrogens with zero attached hydrogens (tertiary/aromatic N) is 2. The molecule has 1 saturated carbocycles. The molecule has 4 N–H and O–H groups in total. The van der Waals surface area contributed by atoms with Crippen molar-refractivity contribution in [2.24, 2.45) is 5.92 Å². The summed E-state index contributed by atoms with van der Waals surface area (Å²) in [5.74, 6) is 0.162. The molecular formula is C13H16N4O2S. The third-order valence-electron chi connectivity index (χ3n) is 3.63. The molecule has 0 radical (unpaired) electrons. The number of nitrogen functional groups attached to an aromatic ring is 1. The van der Waals surface area contributed by atoms with E-state index in [0.29, 0.717) is 33.4 Å². The number of hydrogen-bond acceptors (Lipinski definition) is 6. The Morgan fingerprint density at radius 1 is 1.45 bits per heavy atom. The van der Waals surface area contributed by atoms with Gasteiger partial charge >= 0.3 is 0 Å². The van der Waals surface area contributed by atoms with E-state index in [9.17, 15) is 9.90 Å². The van der Waals surface area contributed by atoms with Crippen LogP contribution in [-0.2, 0) is 0 Å². The molecule has 6 nitrogen and oxygen atoms in total. The standard InChI is InChI=1S/C13H16N4O2S/c14-9-10-13(16-4-3-15-10)20-11(9)12(19)17-6-7-1-2-8(18)5-7/h3-4,7-8,18H,1-2,5-6,14H2,(H,17,19). The monoisotopic (exact) mass is 292 g/mol. The van der Waals surface area contributed by atoms with Gasteiger partial charge in [-0.2, -0.15) is 0 Å². The molecule has 2 heterocycles. The highest BCUT2D eigenvalue weighted by Crippen LogP contribution is 2.30. The van der Waals surface area contributed by atoms with Gasteiger partial charge in [0.1, 0.15) is 15.2 Å². The van der Waals surface area contributed by atoms with Crippen molar-refractivity contribution in [3.05, 3.63) is 17.3 Å². The van der Waals surface area contributed by atoms with Gasteiger partial charge in [-0.15, -0.1) is 11.3 Å². The van der Waals surface area contributed by atoms with Crippen molar-refractivity contribution in [1.82, 2.24) is 15.3 Å². The fourth-order valence-corrected chi connectivity index (χ4v) is 3.50. The fraction of sp³-hybridized carbons (Fsp3) is 0.462. The van der Waals surface area contributed by atoms with E-state index in [2.05, 4.69) is 15.3 Å². The second kappa shape index (κ2) is 5.34. The summed E-state index contributed by atoms with van der Waals surface area (Å²) in [4.78, 5) is 21.6. The molecule has 0 bridgehead atoms. The molecular weight excluding hydrogens is 276 g/mol. The number of thiophene rings is 1. The first-order valence-corrected chi connectivity index (χ1v) is 7.42. The summed E-state index contributed by atoms with van der Waals surface area (Å²) in [6.07, 6.45) is 5.45. The average Bonchev–Trinajstić information content (AvgIpc) is 3.01. The second-order valence-electron chi connectivity index (χ2n) is 5.10. The fourth-order valence-electron chi connectivity index (χ4n) is 2.56. The molecule has 1 aliphatic carbocycles. The van der Waals surface area contributed by atoms with Gasteiger partial charge in [0.2, 0.25) is 0 Å². The van der Waals surface area contributed by atoms with Crippen molar-refractivity contribution in [2.75, 3.05) is 12.3 Å². The smallest absolute Gasteiger partial charge is 0.263 e. The van der Waals surface area contributed by atoms with E-state index in [-0.39, 0.29) is 12.0 Å². The van der Waals surface area contributed by atoms with E-state index >= 15 is 0 Å². The minimum Gasteiger partial charge on any atom is -0.396 e. The zero-order valence-corrected chi connectivity index (χ0v) is 11.7. The molecule has 0 aliphatic heterocycles. The summed E-state index contributed by atoms with van der Waals surface area (Å²) in [6, 6.07) is 0. The summed E-state index contributed by atoms with van der Waals surface area (Å²) in [6.45, 7) is 0.574. The maximum Gasteiger partial charge on any atom is 0.263 e. The first kappa shape index (κ1) is 13.3. The molecule has 2 unspecified atom stereocenters. The van der Waals surface area contributed by atoms with Gasteiger partial charge in [-0.3, -0.25) is 4.79 Å². The Morgan fingerprint density at radius 2 is 2.25 bits per heavy atom. The van der Waals surface area contributed by atoms with Crippen LogP contribution in [0, 0.1) is 5.92 Å². The van der Waals surface area contributed by atoms with Crippen LogP contribution < -0.4 is 11.1 Å². The Morgan fingerprint density at radius 3 is 2.95 bits per heavy atom. The Kier molecular flexibility index (Phi) is 3.54. The van der Waals surface area contributed by atoms with E-state index in [4.69, 9.17) is 5.73 Å². The predicted octanol–water partition coefficient (Wildman–Crippen LogP) is 1.16. The maximum atomic E-state index is 12.2. The van der Waals surface area contributed by atoms with Gasteiger partial charge < -0.3 is 16.2 Å². The average molecular weight is 292 g/mol. The molecule has 2 atom stereocenters. The van der Waals surface area contributed by atoms with Crippen molar-refractivity contribution in [2.45, 2.75) is 25.4 Å². The molecule has 20 heavy (non-hydrogen) atoms. The summed E-state index contributed by atoms with van der Waals surface area (Å²) in [7, 11) is 0. The van der Waals surface area contributed by atoms with E-state index < -0.39 is 0 Å². The van der Waals surface area contributed by atoms with Crippen molar-refractivity contribution in [3.8, 4) is 0 Å². The molecule has 0 spiro atoms. The lowest BCUT2D eigenvalue weighted by Crippen LogP contribution is -2.28. The van der Waals surface area contributed by atoms with Crippen LogP contribution >= 0.6 is 11.3 Å². The van der Waals surface area contributed by atoms with Crippen LogP contribution in [-0.4, -0.2) is 33.6 Å². The van der Waals surface area contributed by atoms with Gasteiger partial charge in [0.05, 0.1) is 11.8 Å². The maximum absolute atomic E-state index is 12.2. The zero-order valence-electron chi connectivity index (χ0n) is 10.9. The van der Waals surface area contributed by atoms with Crippen molar-refractivity contribution < 1.29 is 9.90 Å². The number of nitrogens with one attached hydrogen (secondary N) is 1. The summed E-state index contributed by atoms with van der Waals surface area (Å²) < 4.78 is 0. The van der Waals surface area contributed by atoms with E-state index in [1.165, 1.54) is 11.3 Å². The largest absolute Gasteiger partial charge is 0.396 e. The van der Waals surface area contributed by atoms with Crippen LogP contribution in [0.15, 0.2) is 12.4 Å². The van der Waals surface area contributed by atoms with Gasteiger partial charge in [0.15, 0.2) is 0 Å². The van der Waals surface area contributed by atoms with Gasteiger partial charge in [0, 0.05) is 18.9 Å². The number of anilines is 1. The molecule has 1 amide bonds. The third kappa shape index (κ3) is 2.46. The minimum atomic E-state index is -0.223. The van der Waals surface area contributed by atoms with Crippen molar-refractivity contribution in [1.29, 1.82) is 0 Å². The number of amides is 1. The molecule has 106 valence electrons. The molecule has 7 heteroatoms. The number of aliphatic hydroxyl groups excluding tert-OH is 1.